The maximum absolute atomic E-state index is 12.6. The van der Waals surface area contributed by atoms with Crippen LogP contribution in [0.15, 0.2) is 23.4 Å². The van der Waals surface area contributed by atoms with Gasteiger partial charge in [-0.25, -0.2) is 0 Å². The van der Waals surface area contributed by atoms with Crippen molar-refractivity contribution in [1.29, 1.82) is 0 Å². The summed E-state index contributed by atoms with van der Waals surface area (Å²) in [5, 5.41) is 2.37. The molecule has 1 N–H and O–H groups in total. The number of piperidine rings is 1. The van der Waals surface area contributed by atoms with Gasteiger partial charge in [0.25, 0.3) is 0 Å². The van der Waals surface area contributed by atoms with E-state index in [0.29, 0.717) is 19.3 Å². The van der Waals surface area contributed by atoms with Gasteiger partial charge in [0.05, 0.1) is 6.04 Å². The van der Waals surface area contributed by atoms with Gasteiger partial charge in [-0.15, -0.1) is 0 Å². The lowest BCUT2D eigenvalue weighted by molar-refractivity contribution is -0.142. The van der Waals surface area contributed by atoms with Crippen molar-refractivity contribution in [2.45, 2.75) is 96.6 Å². The number of nitrogens with one attached hydrogen (secondary N) is 1. The summed E-state index contributed by atoms with van der Waals surface area (Å²) in [7, 11) is 3.93. The standard InChI is InChI=1S/C27H44N4O4/c1-5-7-19-30(18-6-2)25(34)15-10-8-9-12-21-13-11-14-22(26(21)29(3)4)31(20-32)23-16-17-24(33)28-27(23)35/h11,13,20,22-23H,5-10,12,14-19H2,1-4H3,(H,28,33,35). The number of carbonyl (C=O) groups is 4. The number of rotatable bonds is 15. The molecule has 8 heteroatoms. The van der Waals surface area contributed by atoms with Crippen molar-refractivity contribution >= 4 is 24.1 Å². The zero-order valence-electron chi connectivity index (χ0n) is 22.1. The van der Waals surface area contributed by atoms with Crippen LogP contribution in [0, 0.1) is 0 Å². The Hall–Kier alpha value is -2.64. The quantitative estimate of drug-likeness (QED) is 0.217. The highest BCUT2D eigenvalue weighted by atomic mass is 16.2. The van der Waals surface area contributed by atoms with Crippen molar-refractivity contribution in [3.8, 4) is 0 Å². The minimum Gasteiger partial charge on any atom is -0.379 e. The van der Waals surface area contributed by atoms with Gasteiger partial charge in [0.15, 0.2) is 0 Å². The topological polar surface area (TPSA) is 90.0 Å². The number of amides is 4. The van der Waals surface area contributed by atoms with Crippen molar-refractivity contribution in [1.82, 2.24) is 20.0 Å². The molecule has 1 heterocycles. The molecule has 0 aromatic rings. The predicted octanol–water partition coefficient (Wildman–Crippen LogP) is 3.38. The normalized spacial score (nSPS) is 20.0. The highest BCUT2D eigenvalue weighted by molar-refractivity contribution is 6.00. The fourth-order valence-corrected chi connectivity index (χ4v) is 5.05. The average Bonchev–Trinajstić information content (AvgIpc) is 2.83. The fourth-order valence-electron chi connectivity index (χ4n) is 5.05. The van der Waals surface area contributed by atoms with E-state index >= 15 is 0 Å². The Labute approximate surface area is 210 Å². The predicted molar refractivity (Wildman–Crippen MR) is 137 cm³/mol. The largest absolute Gasteiger partial charge is 0.379 e. The zero-order valence-corrected chi connectivity index (χ0v) is 22.1. The van der Waals surface area contributed by atoms with E-state index in [-0.39, 0.29) is 24.3 Å². The SMILES string of the molecule is CCCCN(CCC)C(=O)CCCCCC1=C(N(C)C)C(N(C=O)C2CCC(=O)NC2=O)CC=C1. The van der Waals surface area contributed by atoms with Crippen molar-refractivity contribution < 1.29 is 19.2 Å². The molecule has 0 bridgehead atoms. The molecule has 4 amide bonds. The fraction of sp³-hybridized carbons (Fsp3) is 0.704. The number of unbranched alkanes of at least 4 members (excludes halogenated alkanes) is 3. The third-order valence-corrected chi connectivity index (χ3v) is 6.82. The molecule has 35 heavy (non-hydrogen) atoms. The zero-order chi connectivity index (χ0) is 25.8. The van der Waals surface area contributed by atoms with Gasteiger partial charge >= 0.3 is 0 Å². The van der Waals surface area contributed by atoms with E-state index < -0.39 is 11.9 Å². The number of allylic oxidation sites excluding steroid dienone is 2. The Bertz CT molecular complexity index is 805. The Balaban J connectivity index is 1.98. The second-order valence-electron chi connectivity index (χ2n) is 9.77. The van der Waals surface area contributed by atoms with Crippen LogP contribution in [0.2, 0.25) is 0 Å². The van der Waals surface area contributed by atoms with Gasteiger partial charge in [0.2, 0.25) is 24.1 Å². The first-order valence-corrected chi connectivity index (χ1v) is 13.2. The van der Waals surface area contributed by atoms with E-state index in [2.05, 4.69) is 31.3 Å². The lowest BCUT2D eigenvalue weighted by Gasteiger charge is -2.40. The number of likely N-dealkylation sites (N-methyl/N-ethyl adjacent to an activating group) is 1. The summed E-state index contributed by atoms with van der Waals surface area (Å²) >= 11 is 0. The van der Waals surface area contributed by atoms with Crippen LogP contribution < -0.4 is 5.32 Å². The third kappa shape index (κ3) is 8.22. The van der Waals surface area contributed by atoms with Crippen LogP contribution in [-0.2, 0) is 19.2 Å². The molecule has 1 saturated heterocycles. The molecule has 0 aromatic carbocycles. The second kappa shape index (κ2) is 14.7. The molecule has 2 aliphatic rings. The van der Waals surface area contributed by atoms with Crippen LogP contribution in [-0.4, -0.2) is 78.1 Å². The van der Waals surface area contributed by atoms with Crippen molar-refractivity contribution in [2.75, 3.05) is 27.2 Å². The van der Waals surface area contributed by atoms with E-state index in [1.54, 1.807) is 4.90 Å². The van der Waals surface area contributed by atoms with Crippen LogP contribution in [0.1, 0.15) is 84.5 Å². The Morgan fingerprint density at radius 1 is 1.06 bits per heavy atom. The van der Waals surface area contributed by atoms with Gasteiger partial charge in [-0.2, -0.15) is 0 Å². The van der Waals surface area contributed by atoms with Crippen molar-refractivity contribution in [2.24, 2.45) is 0 Å². The van der Waals surface area contributed by atoms with Crippen LogP contribution in [0.25, 0.3) is 0 Å². The van der Waals surface area contributed by atoms with Gasteiger partial charge < -0.3 is 14.7 Å². The maximum Gasteiger partial charge on any atom is 0.249 e. The van der Waals surface area contributed by atoms with Crippen molar-refractivity contribution in [3.05, 3.63) is 23.4 Å². The van der Waals surface area contributed by atoms with E-state index in [1.165, 1.54) is 0 Å². The van der Waals surface area contributed by atoms with Crippen LogP contribution >= 0.6 is 0 Å². The van der Waals surface area contributed by atoms with Gasteiger partial charge in [0, 0.05) is 45.7 Å². The maximum atomic E-state index is 12.6. The highest BCUT2D eigenvalue weighted by Crippen LogP contribution is 2.30. The van der Waals surface area contributed by atoms with Gasteiger partial charge in [0.1, 0.15) is 6.04 Å². The molecule has 2 rings (SSSR count). The lowest BCUT2D eigenvalue weighted by atomic mass is 9.91. The number of carbonyl (C=O) groups excluding carboxylic acids is 4. The molecule has 1 aliphatic heterocycles. The van der Waals surface area contributed by atoms with E-state index in [9.17, 15) is 19.2 Å². The number of imide groups is 1. The van der Waals surface area contributed by atoms with Gasteiger partial charge in [-0.05, 0) is 50.5 Å². The minimum atomic E-state index is -0.636. The van der Waals surface area contributed by atoms with Crippen LogP contribution in [0.3, 0.4) is 0 Å². The average molecular weight is 489 g/mol. The van der Waals surface area contributed by atoms with Crippen molar-refractivity contribution in [3.63, 3.8) is 0 Å². The first kappa shape index (κ1) is 28.6. The van der Waals surface area contributed by atoms with Gasteiger partial charge in [-0.1, -0.05) is 38.8 Å². The Morgan fingerprint density at radius 3 is 2.46 bits per heavy atom. The summed E-state index contributed by atoms with van der Waals surface area (Å²) in [6.45, 7) is 5.95. The summed E-state index contributed by atoms with van der Waals surface area (Å²) < 4.78 is 0. The number of nitrogens with zero attached hydrogens (tertiary/aromatic N) is 3. The molecule has 2 unspecified atom stereocenters. The second-order valence-corrected chi connectivity index (χ2v) is 9.77. The molecule has 0 radical (unpaired) electrons. The van der Waals surface area contributed by atoms with Gasteiger partial charge in [-0.3, -0.25) is 24.5 Å². The Morgan fingerprint density at radius 2 is 1.83 bits per heavy atom. The smallest absolute Gasteiger partial charge is 0.249 e. The molecule has 196 valence electrons. The third-order valence-electron chi connectivity index (χ3n) is 6.82. The lowest BCUT2D eigenvalue weighted by Crippen LogP contribution is -2.56. The minimum absolute atomic E-state index is 0.240. The summed E-state index contributed by atoms with van der Waals surface area (Å²) in [5.41, 5.74) is 2.20. The summed E-state index contributed by atoms with van der Waals surface area (Å²) in [6.07, 6.45) is 13.5. The van der Waals surface area contributed by atoms with Crippen LogP contribution in [0.4, 0.5) is 0 Å². The van der Waals surface area contributed by atoms with E-state index in [4.69, 9.17) is 0 Å². The first-order chi connectivity index (χ1) is 16.8. The molecule has 0 aromatic heterocycles. The molecule has 1 aliphatic carbocycles. The Kier molecular flexibility index (Phi) is 12.0. The monoisotopic (exact) mass is 488 g/mol. The number of hydrogen-bond donors (Lipinski definition) is 1. The summed E-state index contributed by atoms with van der Waals surface area (Å²) in [4.78, 5) is 54.3. The highest BCUT2D eigenvalue weighted by Gasteiger charge is 2.37. The first-order valence-electron chi connectivity index (χ1n) is 13.2. The molecule has 2 atom stereocenters. The summed E-state index contributed by atoms with van der Waals surface area (Å²) in [5.74, 6) is -0.424. The summed E-state index contributed by atoms with van der Waals surface area (Å²) in [6, 6.07) is -0.878. The molecular formula is C27H44N4O4. The van der Waals surface area contributed by atoms with Crippen LogP contribution in [0.5, 0.6) is 0 Å². The van der Waals surface area contributed by atoms with E-state index in [0.717, 1.165) is 75.7 Å². The molecule has 1 fully saturated rings. The molecule has 0 spiro atoms. The molecule has 8 nitrogen and oxygen atoms in total. The molecular weight excluding hydrogens is 444 g/mol. The van der Waals surface area contributed by atoms with E-state index in [1.807, 2.05) is 23.9 Å². The molecule has 0 saturated carbocycles. The number of hydrogen-bond acceptors (Lipinski definition) is 5.